The Bertz CT molecular complexity index is 214. The van der Waals surface area contributed by atoms with E-state index in [0.717, 1.165) is 0 Å². The summed E-state index contributed by atoms with van der Waals surface area (Å²) in [6.07, 6.45) is 0. The molecule has 0 aromatic carbocycles. The highest BCUT2D eigenvalue weighted by Crippen LogP contribution is 2.03. The van der Waals surface area contributed by atoms with Crippen LogP contribution in [-0.2, 0) is 9.53 Å². The Morgan fingerprint density at radius 3 is 2.53 bits per heavy atom. The maximum Gasteiger partial charge on any atom is 0.332 e. The Labute approximate surface area is 91.3 Å². The van der Waals surface area contributed by atoms with E-state index in [0.29, 0.717) is 25.7 Å². The van der Waals surface area contributed by atoms with Crippen molar-refractivity contribution < 1.29 is 14.6 Å². The summed E-state index contributed by atoms with van der Waals surface area (Å²) in [5.41, 5.74) is 0.178. The molecule has 0 aliphatic rings. The molecular formula is C11H21NO3. The number of carbonyl (C=O) groups is 1. The van der Waals surface area contributed by atoms with Crippen LogP contribution in [0.1, 0.15) is 20.8 Å². The Morgan fingerprint density at radius 1 is 1.53 bits per heavy atom. The second kappa shape index (κ2) is 7.43. The molecule has 2 N–H and O–H groups in total. The van der Waals surface area contributed by atoms with E-state index in [-0.39, 0.29) is 11.6 Å². The Balaban J connectivity index is 3.95. The maximum atomic E-state index is 10.5. The first kappa shape index (κ1) is 14.1. The number of carboxylic acids is 1. The molecule has 0 saturated heterocycles. The van der Waals surface area contributed by atoms with Crippen molar-refractivity contribution in [3.63, 3.8) is 0 Å². The fourth-order valence-electron chi connectivity index (χ4n) is 1.06. The molecule has 0 radical (unpaired) electrons. The molecule has 0 aliphatic heterocycles. The topological polar surface area (TPSA) is 58.6 Å². The maximum absolute atomic E-state index is 10.5. The molecule has 0 spiro atoms. The summed E-state index contributed by atoms with van der Waals surface area (Å²) in [5.74, 6) is -0.556. The zero-order valence-corrected chi connectivity index (χ0v) is 9.75. The minimum absolute atomic E-state index is 0.168. The summed E-state index contributed by atoms with van der Waals surface area (Å²) in [7, 11) is 0. The molecule has 0 saturated carbocycles. The second-order valence-corrected chi connectivity index (χ2v) is 3.80. The summed E-state index contributed by atoms with van der Waals surface area (Å²) >= 11 is 0. The van der Waals surface area contributed by atoms with Gasteiger partial charge < -0.3 is 15.2 Å². The van der Waals surface area contributed by atoms with Gasteiger partial charge in [-0.15, -0.1) is 0 Å². The zero-order chi connectivity index (χ0) is 11.8. The average Bonchev–Trinajstić information content (AvgIpc) is 2.16. The number of carboxylic acid groups (broad SMARTS) is 1. The molecule has 4 nitrogen and oxygen atoms in total. The van der Waals surface area contributed by atoms with Crippen molar-refractivity contribution in [2.75, 3.05) is 19.8 Å². The van der Waals surface area contributed by atoms with Crippen molar-refractivity contribution in [3.8, 4) is 0 Å². The predicted octanol–water partition coefficient (Wildman–Crippen LogP) is 1.28. The highest BCUT2D eigenvalue weighted by Gasteiger charge is 2.14. The number of nitrogens with one attached hydrogen (secondary N) is 1. The lowest BCUT2D eigenvalue weighted by atomic mass is 10.1. The van der Waals surface area contributed by atoms with E-state index in [1.54, 1.807) is 0 Å². The standard InChI is InChI=1S/C11H21NO3/c1-5-15-7-10(8(2)3)12-6-9(4)11(13)14/h8,10,12H,4-7H2,1-3H3,(H,13,14). The van der Waals surface area contributed by atoms with Gasteiger partial charge in [-0.05, 0) is 12.8 Å². The Hall–Kier alpha value is -0.870. The fourth-order valence-corrected chi connectivity index (χ4v) is 1.06. The van der Waals surface area contributed by atoms with Crippen LogP contribution in [-0.4, -0.2) is 36.9 Å². The largest absolute Gasteiger partial charge is 0.478 e. The van der Waals surface area contributed by atoms with Crippen molar-refractivity contribution in [3.05, 3.63) is 12.2 Å². The van der Waals surface area contributed by atoms with Gasteiger partial charge in [0.15, 0.2) is 0 Å². The smallest absolute Gasteiger partial charge is 0.332 e. The third-order valence-electron chi connectivity index (χ3n) is 2.19. The van der Waals surface area contributed by atoms with Gasteiger partial charge >= 0.3 is 5.97 Å². The second-order valence-electron chi connectivity index (χ2n) is 3.80. The summed E-state index contributed by atoms with van der Waals surface area (Å²) in [4.78, 5) is 10.5. The van der Waals surface area contributed by atoms with Crippen molar-refractivity contribution >= 4 is 5.97 Å². The quantitative estimate of drug-likeness (QED) is 0.599. The van der Waals surface area contributed by atoms with Gasteiger partial charge in [-0.3, -0.25) is 0 Å². The molecule has 0 aromatic rings. The van der Waals surface area contributed by atoms with Gasteiger partial charge in [0.1, 0.15) is 0 Å². The Kier molecular flexibility index (Phi) is 6.99. The highest BCUT2D eigenvalue weighted by atomic mass is 16.5. The first-order chi connectivity index (χ1) is 6.99. The van der Waals surface area contributed by atoms with E-state index in [9.17, 15) is 4.79 Å². The summed E-state index contributed by atoms with van der Waals surface area (Å²) in [5, 5.41) is 11.8. The molecule has 4 heteroatoms. The van der Waals surface area contributed by atoms with Gasteiger partial charge in [0.25, 0.3) is 0 Å². The van der Waals surface area contributed by atoms with Gasteiger partial charge in [-0.25, -0.2) is 4.79 Å². The molecule has 0 aliphatic carbocycles. The molecule has 0 aromatic heterocycles. The summed E-state index contributed by atoms with van der Waals surface area (Å²) in [6, 6.07) is 0.168. The van der Waals surface area contributed by atoms with Crippen LogP contribution in [0.3, 0.4) is 0 Å². The van der Waals surface area contributed by atoms with Crippen LogP contribution in [0.2, 0.25) is 0 Å². The van der Waals surface area contributed by atoms with Gasteiger partial charge in [0.05, 0.1) is 6.61 Å². The van der Waals surface area contributed by atoms with Gasteiger partial charge in [-0.2, -0.15) is 0 Å². The highest BCUT2D eigenvalue weighted by molar-refractivity contribution is 5.86. The van der Waals surface area contributed by atoms with E-state index in [4.69, 9.17) is 9.84 Å². The molecule has 0 rings (SSSR count). The molecule has 0 bridgehead atoms. The van der Waals surface area contributed by atoms with Crippen molar-refractivity contribution in [1.29, 1.82) is 0 Å². The lowest BCUT2D eigenvalue weighted by molar-refractivity contribution is -0.132. The van der Waals surface area contributed by atoms with Gasteiger partial charge in [-0.1, -0.05) is 20.4 Å². The van der Waals surface area contributed by atoms with Gasteiger partial charge in [0.2, 0.25) is 0 Å². The van der Waals surface area contributed by atoms with Gasteiger partial charge in [0, 0.05) is 24.8 Å². The van der Waals surface area contributed by atoms with Crippen LogP contribution < -0.4 is 5.32 Å². The monoisotopic (exact) mass is 215 g/mol. The molecule has 1 unspecified atom stereocenters. The van der Waals surface area contributed by atoms with Crippen molar-refractivity contribution in [2.24, 2.45) is 5.92 Å². The zero-order valence-electron chi connectivity index (χ0n) is 9.75. The predicted molar refractivity (Wildman–Crippen MR) is 59.9 cm³/mol. The molecule has 0 amide bonds. The lowest BCUT2D eigenvalue weighted by Crippen LogP contribution is -2.39. The number of hydrogen-bond donors (Lipinski definition) is 2. The van der Waals surface area contributed by atoms with E-state index < -0.39 is 5.97 Å². The normalized spacial score (nSPS) is 12.8. The molecule has 15 heavy (non-hydrogen) atoms. The molecule has 0 heterocycles. The number of rotatable bonds is 8. The number of ether oxygens (including phenoxy) is 1. The molecule has 1 atom stereocenters. The van der Waals surface area contributed by atoms with Crippen LogP contribution >= 0.6 is 0 Å². The van der Waals surface area contributed by atoms with E-state index in [1.807, 2.05) is 6.92 Å². The van der Waals surface area contributed by atoms with Crippen molar-refractivity contribution in [1.82, 2.24) is 5.32 Å². The SMILES string of the molecule is C=C(CNC(COCC)C(C)C)C(=O)O. The van der Waals surface area contributed by atoms with E-state index >= 15 is 0 Å². The Morgan fingerprint density at radius 2 is 2.13 bits per heavy atom. The number of hydrogen-bond acceptors (Lipinski definition) is 3. The molecule has 88 valence electrons. The van der Waals surface area contributed by atoms with Crippen LogP contribution in [0.4, 0.5) is 0 Å². The minimum Gasteiger partial charge on any atom is -0.478 e. The van der Waals surface area contributed by atoms with E-state index in [2.05, 4.69) is 25.7 Å². The minimum atomic E-state index is -0.957. The van der Waals surface area contributed by atoms with E-state index in [1.165, 1.54) is 0 Å². The van der Waals surface area contributed by atoms with Crippen LogP contribution in [0.25, 0.3) is 0 Å². The third kappa shape index (κ3) is 6.25. The first-order valence-electron chi connectivity index (χ1n) is 5.21. The van der Waals surface area contributed by atoms with Crippen molar-refractivity contribution in [2.45, 2.75) is 26.8 Å². The van der Waals surface area contributed by atoms with Crippen LogP contribution in [0, 0.1) is 5.92 Å². The van der Waals surface area contributed by atoms with Crippen LogP contribution in [0.5, 0.6) is 0 Å². The summed E-state index contributed by atoms with van der Waals surface area (Å²) in [6.45, 7) is 11.1. The first-order valence-corrected chi connectivity index (χ1v) is 5.21. The fraction of sp³-hybridized carbons (Fsp3) is 0.727. The summed E-state index contributed by atoms with van der Waals surface area (Å²) < 4.78 is 5.31. The van der Waals surface area contributed by atoms with Crippen LogP contribution in [0.15, 0.2) is 12.2 Å². The third-order valence-corrected chi connectivity index (χ3v) is 2.19. The molecular weight excluding hydrogens is 194 g/mol. The molecule has 0 fully saturated rings. The lowest BCUT2D eigenvalue weighted by Gasteiger charge is -2.22. The average molecular weight is 215 g/mol. The number of aliphatic carboxylic acids is 1.